The number of carbonyl (C=O) groups is 1. The molecule has 0 saturated heterocycles. The highest BCUT2D eigenvalue weighted by molar-refractivity contribution is 14.1. The molecule has 1 atom stereocenters. The molecule has 1 aromatic carbocycles. The summed E-state index contributed by atoms with van der Waals surface area (Å²) in [6.07, 6.45) is 1.83. The highest BCUT2D eigenvalue weighted by atomic mass is 127. The number of phenolic OH excluding ortho intramolecular Hbond substituents is 1. The zero-order valence-electron chi connectivity index (χ0n) is 9.74. The van der Waals surface area contributed by atoms with Crippen LogP contribution in [0.1, 0.15) is 30.1 Å². The van der Waals surface area contributed by atoms with Crippen LogP contribution < -0.4 is 11.1 Å². The van der Waals surface area contributed by atoms with Crippen LogP contribution in [-0.4, -0.2) is 23.6 Å². The lowest BCUT2D eigenvalue weighted by Gasteiger charge is -2.16. The standard InChI is InChI=1S/C12H17IN2O2/c1-2-3-9(7-14)15-12(17)8-4-5-10(13)11(16)6-8/h4-6,9,16H,2-3,7,14H2,1H3,(H,15,17). The number of nitrogens with two attached hydrogens (primary N) is 1. The van der Waals surface area contributed by atoms with Crippen LogP contribution in [0.2, 0.25) is 0 Å². The highest BCUT2D eigenvalue weighted by Crippen LogP contribution is 2.20. The van der Waals surface area contributed by atoms with Crippen molar-refractivity contribution in [2.45, 2.75) is 25.8 Å². The van der Waals surface area contributed by atoms with Crippen LogP contribution in [0, 0.1) is 3.57 Å². The quantitative estimate of drug-likeness (QED) is 0.711. The molecule has 0 heterocycles. The maximum Gasteiger partial charge on any atom is 0.251 e. The van der Waals surface area contributed by atoms with Gasteiger partial charge in [0.1, 0.15) is 5.75 Å². The lowest BCUT2D eigenvalue weighted by atomic mass is 10.1. The number of carbonyl (C=O) groups excluding carboxylic acids is 1. The molecule has 4 N–H and O–H groups in total. The van der Waals surface area contributed by atoms with Crippen molar-refractivity contribution in [2.75, 3.05) is 6.54 Å². The van der Waals surface area contributed by atoms with Crippen molar-refractivity contribution in [1.82, 2.24) is 5.32 Å². The van der Waals surface area contributed by atoms with Crippen LogP contribution in [0.4, 0.5) is 0 Å². The van der Waals surface area contributed by atoms with E-state index in [4.69, 9.17) is 5.73 Å². The SMILES string of the molecule is CCCC(CN)NC(=O)c1ccc(I)c(O)c1. The molecule has 0 aliphatic heterocycles. The van der Waals surface area contributed by atoms with E-state index in [1.54, 1.807) is 12.1 Å². The van der Waals surface area contributed by atoms with E-state index in [2.05, 4.69) is 5.32 Å². The summed E-state index contributed by atoms with van der Waals surface area (Å²) in [4.78, 5) is 11.9. The molecule has 17 heavy (non-hydrogen) atoms. The third kappa shape index (κ3) is 4.16. The van der Waals surface area contributed by atoms with E-state index in [-0.39, 0.29) is 17.7 Å². The second-order valence-electron chi connectivity index (χ2n) is 3.86. The van der Waals surface area contributed by atoms with Crippen LogP contribution in [-0.2, 0) is 0 Å². The largest absolute Gasteiger partial charge is 0.507 e. The van der Waals surface area contributed by atoms with Crippen LogP contribution >= 0.6 is 22.6 Å². The van der Waals surface area contributed by atoms with Gasteiger partial charge in [0.25, 0.3) is 5.91 Å². The monoisotopic (exact) mass is 348 g/mol. The number of aromatic hydroxyl groups is 1. The normalized spacial score (nSPS) is 12.2. The van der Waals surface area contributed by atoms with Crippen LogP contribution in [0.15, 0.2) is 18.2 Å². The summed E-state index contributed by atoms with van der Waals surface area (Å²) in [5.41, 5.74) is 6.03. The Balaban J connectivity index is 2.72. The van der Waals surface area contributed by atoms with Gasteiger partial charge in [-0.25, -0.2) is 0 Å². The van der Waals surface area contributed by atoms with Gasteiger partial charge in [0.15, 0.2) is 0 Å². The lowest BCUT2D eigenvalue weighted by molar-refractivity contribution is 0.0935. The third-order valence-electron chi connectivity index (χ3n) is 2.47. The van der Waals surface area contributed by atoms with Gasteiger partial charge in [-0.3, -0.25) is 4.79 Å². The predicted molar refractivity (Wildman–Crippen MR) is 76.0 cm³/mol. The molecular weight excluding hydrogens is 331 g/mol. The molecule has 94 valence electrons. The van der Waals surface area contributed by atoms with Crippen molar-refractivity contribution in [3.8, 4) is 5.75 Å². The number of amides is 1. The molecular formula is C12H17IN2O2. The zero-order valence-corrected chi connectivity index (χ0v) is 11.9. The van der Waals surface area contributed by atoms with Crippen molar-refractivity contribution in [1.29, 1.82) is 0 Å². The fourth-order valence-corrected chi connectivity index (χ4v) is 1.86. The summed E-state index contributed by atoms with van der Waals surface area (Å²) >= 11 is 2.01. The van der Waals surface area contributed by atoms with E-state index in [0.717, 1.165) is 16.4 Å². The van der Waals surface area contributed by atoms with Crippen LogP contribution in [0.5, 0.6) is 5.75 Å². The van der Waals surface area contributed by atoms with Gasteiger partial charge in [-0.05, 0) is 47.2 Å². The Morgan fingerprint density at radius 2 is 2.29 bits per heavy atom. The molecule has 4 nitrogen and oxygen atoms in total. The topological polar surface area (TPSA) is 75.3 Å². The minimum Gasteiger partial charge on any atom is -0.507 e. The molecule has 0 saturated carbocycles. The van der Waals surface area contributed by atoms with E-state index < -0.39 is 0 Å². The minimum atomic E-state index is -0.194. The van der Waals surface area contributed by atoms with Crippen molar-refractivity contribution < 1.29 is 9.90 Å². The number of benzene rings is 1. The Labute approximate surface area is 115 Å². The van der Waals surface area contributed by atoms with Gasteiger partial charge in [-0.1, -0.05) is 13.3 Å². The van der Waals surface area contributed by atoms with Gasteiger partial charge in [-0.2, -0.15) is 0 Å². The molecule has 0 bridgehead atoms. The number of halogens is 1. The van der Waals surface area contributed by atoms with Crippen molar-refractivity contribution >= 4 is 28.5 Å². The molecule has 0 spiro atoms. The van der Waals surface area contributed by atoms with E-state index in [1.807, 2.05) is 29.5 Å². The molecule has 0 fully saturated rings. The van der Waals surface area contributed by atoms with E-state index in [9.17, 15) is 9.90 Å². The first kappa shape index (κ1) is 14.2. The molecule has 1 rings (SSSR count). The fraction of sp³-hybridized carbons (Fsp3) is 0.417. The average Bonchev–Trinajstić information content (AvgIpc) is 2.31. The van der Waals surface area contributed by atoms with Gasteiger partial charge in [0.2, 0.25) is 0 Å². The average molecular weight is 348 g/mol. The van der Waals surface area contributed by atoms with Gasteiger partial charge in [-0.15, -0.1) is 0 Å². The molecule has 1 aromatic rings. The fourth-order valence-electron chi connectivity index (χ4n) is 1.52. The van der Waals surface area contributed by atoms with Gasteiger partial charge in [0, 0.05) is 18.2 Å². The minimum absolute atomic E-state index is 0.00563. The van der Waals surface area contributed by atoms with E-state index in [0.29, 0.717) is 12.1 Å². The summed E-state index contributed by atoms with van der Waals surface area (Å²) < 4.78 is 0.725. The summed E-state index contributed by atoms with van der Waals surface area (Å²) in [6.45, 7) is 2.47. The van der Waals surface area contributed by atoms with Crippen molar-refractivity contribution in [3.63, 3.8) is 0 Å². The number of hydrogen-bond donors (Lipinski definition) is 3. The Morgan fingerprint density at radius 3 is 2.82 bits per heavy atom. The summed E-state index contributed by atoms with van der Waals surface area (Å²) in [7, 11) is 0. The number of phenols is 1. The second kappa shape index (κ2) is 6.80. The molecule has 5 heteroatoms. The third-order valence-corrected chi connectivity index (χ3v) is 3.38. The first-order chi connectivity index (χ1) is 8.08. The van der Waals surface area contributed by atoms with Gasteiger partial charge in [0.05, 0.1) is 3.57 Å². The van der Waals surface area contributed by atoms with Crippen molar-refractivity contribution in [2.24, 2.45) is 5.73 Å². The zero-order chi connectivity index (χ0) is 12.8. The Hall–Kier alpha value is -0.820. The van der Waals surface area contributed by atoms with Crippen LogP contribution in [0.3, 0.4) is 0 Å². The van der Waals surface area contributed by atoms with E-state index in [1.165, 1.54) is 6.07 Å². The summed E-state index contributed by atoms with van der Waals surface area (Å²) in [6, 6.07) is 4.86. The van der Waals surface area contributed by atoms with Crippen LogP contribution in [0.25, 0.3) is 0 Å². The molecule has 0 aromatic heterocycles. The van der Waals surface area contributed by atoms with Crippen molar-refractivity contribution in [3.05, 3.63) is 27.3 Å². The first-order valence-corrected chi connectivity index (χ1v) is 6.65. The number of hydrogen-bond acceptors (Lipinski definition) is 3. The van der Waals surface area contributed by atoms with E-state index >= 15 is 0 Å². The molecule has 0 radical (unpaired) electrons. The predicted octanol–water partition coefficient (Wildman–Crippen LogP) is 1.85. The summed E-state index contributed by atoms with van der Waals surface area (Å²) in [5.74, 6) is -0.0707. The molecule has 0 aliphatic rings. The maximum atomic E-state index is 11.9. The summed E-state index contributed by atoms with van der Waals surface area (Å²) in [5, 5.41) is 12.4. The van der Waals surface area contributed by atoms with Gasteiger partial charge >= 0.3 is 0 Å². The first-order valence-electron chi connectivity index (χ1n) is 5.58. The Kier molecular flexibility index (Phi) is 5.70. The molecule has 1 unspecified atom stereocenters. The number of nitrogens with one attached hydrogen (secondary N) is 1. The lowest BCUT2D eigenvalue weighted by Crippen LogP contribution is -2.40. The smallest absolute Gasteiger partial charge is 0.251 e. The second-order valence-corrected chi connectivity index (χ2v) is 5.02. The Morgan fingerprint density at radius 1 is 1.59 bits per heavy atom. The Bertz CT molecular complexity index is 396. The molecule has 0 aliphatic carbocycles. The van der Waals surface area contributed by atoms with Gasteiger partial charge < -0.3 is 16.2 Å². The molecule has 1 amide bonds. The highest BCUT2D eigenvalue weighted by Gasteiger charge is 2.12. The number of rotatable bonds is 5. The maximum absolute atomic E-state index is 11.9.